The average Bonchev–Trinajstić information content (AvgIpc) is 3.69. The van der Waals surface area contributed by atoms with Crippen molar-refractivity contribution in [1.82, 2.24) is 14.5 Å². The first-order valence-corrected chi connectivity index (χ1v) is 21.0. The number of aliphatic hydroxyl groups is 1. The van der Waals surface area contributed by atoms with Crippen molar-refractivity contribution in [3.8, 4) is 28.4 Å². The molecule has 6 rings (SSSR count). The lowest BCUT2D eigenvalue weighted by atomic mass is 10.0. The number of hydrogen-bond donors (Lipinski definition) is 1. The number of aromatic nitrogens is 3. The highest BCUT2D eigenvalue weighted by atomic mass is 35.5. The van der Waals surface area contributed by atoms with Crippen LogP contribution in [0.3, 0.4) is 0 Å². The second kappa shape index (κ2) is 12.7. The van der Waals surface area contributed by atoms with Crippen molar-refractivity contribution in [2.45, 2.75) is 61.7 Å². The number of hydrogen-bond acceptors (Lipinski definition) is 9. The molecule has 2 saturated heterocycles. The molecule has 0 saturated carbocycles. The molecule has 0 radical (unpaired) electrons. The Morgan fingerprint density at radius 2 is 1.67 bits per heavy atom. The van der Waals surface area contributed by atoms with Gasteiger partial charge < -0.3 is 24.1 Å². The molecule has 0 aliphatic carbocycles. The van der Waals surface area contributed by atoms with E-state index in [1.54, 1.807) is 19.4 Å². The van der Waals surface area contributed by atoms with Crippen LogP contribution in [0.4, 0.5) is 0 Å². The first-order valence-electron chi connectivity index (χ1n) is 15.0. The van der Waals surface area contributed by atoms with Gasteiger partial charge in [0.15, 0.2) is 11.8 Å². The Morgan fingerprint density at radius 3 is 2.33 bits per heavy atom. The van der Waals surface area contributed by atoms with Crippen molar-refractivity contribution in [2.24, 2.45) is 4.36 Å². The molecule has 0 bridgehead atoms. The summed E-state index contributed by atoms with van der Waals surface area (Å²) >= 11 is 6.78. The summed E-state index contributed by atoms with van der Waals surface area (Å²) in [6.07, 6.45) is -0.260. The normalized spacial score (nSPS) is 22.8. The number of nitrogens with zero attached hydrogens (tertiary/aromatic N) is 4. The van der Waals surface area contributed by atoms with Crippen LogP contribution < -0.4 is 4.74 Å². The van der Waals surface area contributed by atoms with Gasteiger partial charge in [0.1, 0.15) is 30.6 Å². The fourth-order valence-corrected chi connectivity index (χ4v) is 7.32. The Kier molecular flexibility index (Phi) is 9.10. The van der Waals surface area contributed by atoms with Crippen molar-refractivity contribution < 1.29 is 28.3 Å². The number of ether oxygens (including phenoxy) is 4. The van der Waals surface area contributed by atoms with E-state index < -0.39 is 36.1 Å². The van der Waals surface area contributed by atoms with Gasteiger partial charge in [-0.15, -0.1) is 0 Å². The van der Waals surface area contributed by atoms with E-state index in [1.165, 1.54) is 0 Å². The fraction of sp³-hybridized carbons (Fsp3) is 0.438. The van der Waals surface area contributed by atoms with Gasteiger partial charge in [0, 0.05) is 38.4 Å². The van der Waals surface area contributed by atoms with E-state index in [0.717, 1.165) is 22.7 Å². The van der Waals surface area contributed by atoms with E-state index in [4.69, 9.17) is 40.5 Å². The molecular weight excluding hydrogens is 632 g/mol. The summed E-state index contributed by atoms with van der Waals surface area (Å²) in [6.45, 7) is 8.26. The number of benzene rings is 2. The lowest BCUT2D eigenvalue weighted by Crippen LogP contribution is -2.35. The van der Waals surface area contributed by atoms with Crippen molar-refractivity contribution in [1.29, 1.82) is 0 Å². The van der Waals surface area contributed by atoms with Crippen LogP contribution in [-0.4, -0.2) is 89.5 Å². The average molecular weight is 671 g/mol. The maximum Gasteiger partial charge on any atom is 0.301 e. The maximum atomic E-state index is 12.6. The minimum absolute atomic E-state index is 0.208. The third kappa shape index (κ3) is 6.82. The zero-order chi connectivity index (χ0) is 31.9. The molecule has 2 aliphatic rings. The molecule has 4 aromatic rings. The van der Waals surface area contributed by atoms with Gasteiger partial charge in [-0.2, -0.15) is 4.98 Å². The molecule has 0 amide bonds. The monoisotopic (exact) mass is 670 g/mol. The molecule has 2 fully saturated rings. The van der Waals surface area contributed by atoms with Gasteiger partial charge in [0.25, 0.3) is 0 Å². The van der Waals surface area contributed by atoms with Crippen LogP contribution in [-0.2, 0) is 30.7 Å². The SMILES string of the molecule is CN=S(C)(=O)c1ccc(-c2ccc(-c3nc4c(cc3Cl)nc(O[C@@H]3CO[C@H]5[C@@H]3OC[C@H]5O)n4COCC[Si](C)(C)C)cc2)cc1. The van der Waals surface area contributed by atoms with Crippen LogP contribution in [0, 0.1) is 0 Å². The van der Waals surface area contributed by atoms with Crippen molar-refractivity contribution in [3.63, 3.8) is 0 Å². The van der Waals surface area contributed by atoms with Gasteiger partial charge in [-0.1, -0.05) is 67.6 Å². The van der Waals surface area contributed by atoms with Crippen molar-refractivity contribution in [3.05, 3.63) is 59.6 Å². The summed E-state index contributed by atoms with van der Waals surface area (Å²) in [4.78, 5) is 10.4. The van der Waals surface area contributed by atoms with E-state index in [-0.39, 0.29) is 26.0 Å². The summed E-state index contributed by atoms with van der Waals surface area (Å²) in [6, 6.07) is 18.8. The van der Waals surface area contributed by atoms with E-state index in [2.05, 4.69) is 24.0 Å². The van der Waals surface area contributed by atoms with Gasteiger partial charge in [-0.25, -0.2) is 13.6 Å². The Morgan fingerprint density at radius 1 is 1.02 bits per heavy atom. The van der Waals surface area contributed by atoms with E-state index >= 15 is 0 Å². The second-order valence-electron chi connectivity index (χ2n) is 12.7. The number of aliphatic hydroxyl groups excluding tert-OH is 1. The highest BCUT2D eigenvalue weighted by molar-refractivity contribution is 7.93. The van der Waals surface area contributed by atoms with Gasteiger partial charge in [0.05, 0.1) is 33.7 Å². The molecule has 10 nitrogen and oxygen atoms in total. The largest absolute Gasteiger partial charge is 0.456 e. The molecule has 0 spiro atoms. The topological polar surface area (TPSA) is 117 Å². The number of pyridine rings is 1. The summed E-state index contributed by atoms with van der Waals surface area (Å²) < 4.78 is 42.4. The number of fused-ring (bicyclic) bond motifs is 2. The molecule has 2 aliphatic heterocycles. The van der Waals surface area contributed by atoms with Crippen LogP contribution in [0.1, 0.15) is 0 Å². The van der Waals surface area contributed by atoms with E-state index in [9.17, 15) is 9.32 Å². The Labute approximate surface area is 269 Å². The fourth-order valence-electron chi connectivity index (χ4n) is 5.45. The molecule has 45 heavy (non-hydrogen) atoms. The molecule has 2 aromatic heterocycles. The first-order chi connectivity index (χ1) is 21.4. The molecule has 13 heteroatoms. The van der Waals surface area contributed by atoms with E-state index in [0.29, 0.717) is 39.4 Å². The van der Waals surface area contributed by atoms with Gasteiger partial charge >= 0.3 is 6.01 Å². The van der Waals surface area contributed by atoms with E-state index in [1.807, 2.05) is 53.1 Å². The molecule has 1 unspecified atom stereocenters. The summed E-state index contributed by atoms with van der Waals surface area (Å²) in [5.74, 6) is 0. The molecule has 4 heterocycles. The predicted octanol–water partition coefficient (Wildman–Crippen LogP) is 5.72. The lowest BCUT2D eigenvalue weighted by Gasteiger charge is -2.19. The first kappa shape index (κ1) is 32.1. The molecular formula is C32H39ClN4O6SSi. The number of rotatable bonds is 10. The van der Waals surface area contributed by atoms with Crippen LogP contribution in [0.5, 0.6) is 6.01 Å². The highest BCUT2D eigenvalue weighted by Crippen LogP contribution is 2.35. The molecule has 240 valence electrons. The minimum atomic E-state index is -2.39. The maximum absolute atomic E-state index is 12.6. The zero-order valence-electron chi connectivity index (χ0n) is 26.1. The molecule has 1 N–H and O–H groups in total. The number of imidazole rings is 1. The summed E-state index contributed by atoms with van der Waals surface area (Å²) in [5, 5.41) is 10.6. The third-order valence-corrected chi connectivity index (χ3v) is 12.1. The number of halogens is 1. The minimum Gasteiger partial charge on any atom is -0.456 e. The van der Waals surface area contributed by atoms with Gasteiger partial charge in [0.2, 0.25) is 0 Å². The van der Waals surface area contributed by atoms with Crippen molar-refractivity contribution >= 4 is 40.6 Å². The zero-order valence-corrected chi connectivity index (χ0v) is 28.7. The highest BCUT2D eigenvalue weighted by Gasteiger charge is 2.49. The second-order valence-corrected chi connectivity index (χ2v) is 21.2. The Bertz CT molecular complexity index is 1800. The Balaban J connectivity index is 1.30. The smallest absolute Gasteiger partial charge is 0.301 e. The summed E-state index contributed by atoms with van der Waals surface area (Å²) in [7, 11) is -2.10. The molecule has 5 atom stereocenters. The van der Waals surface area contributed by atoms with Crippen LogP contribution in [0.2, 0.25) is 30.7 Å². The van der Waals surface area contributed by atoms with Gasteiger partial charge in [-0.05, 0) is 35.4 Å². The predicted molar refractivity (Wildman–Crippen MR) is 178 cm³/mol. The van der Waals surface area contributed by atoms with Crippen LogP contribution in [0.15, 0.2) is 63.9 Å². The lowest BCUT2D eigenvalue weighted by molar-refractivity contribution is 0.00336. The van der Waals surface area contributed by atoms with Crippen LogP contribution in [0.25, 0.3) is 33.5 Å². The molecule has 2 aromatic carbocycles. The van der Waals surface area contributed by atoms with Crippen LogP contribution >= 0.6 is 11.6 Å². The Hall–Kier alpha value is -2.84. The standard InChI is InChI=1S/C32H39ClN4O6SSi/c1-34-44(2,39)23-12-10-21(11-13-23)20-6-8-22(9-7-20)28-24(33)16-25-31(36-28)37(19-40-14-15-45(3,4)5)32(35-25)43-27-18-42-29-26(38)17-41-30(27)29/h6-13,16,26-27,29-30,38H,14-15,17-19H2,1-5H3/t26-,27-,29-,30-,44?/m1/s1. The quantitative estimate of drug-likeness (QED) is 0.168. The van der Waals surface area contributed by atoms with Crippen molar-refractivity contribution in [2.75, 3.05) is 33.1 Å². The summed E-state index contributed by atoms with van der Waals surface area (Å²) in [5.41, 5.74) is 4.63. The van der Waals surface area contributed by atoms with Gasteiger partial charge in [-0.3, -0.25) is 4.57 Å². The third-order valence-electron chi connectivity index (χ3n) is 8.23.